The van der Waals surface area contributed by atoms with E-state index in [1.165, 1.54) is 6.08 Å². The molecule has 10 atom stereocenters. The quantitative estimate of drug-likeness (QED) is 0.499. The fraction of sp³-hybridized carbons (Fsp3) is 0.852. The van der Waals surface area contributed by atoms with E-state index in [2.05, 4.69) is 13.8 Å². The van der Waals surface area contributed by atoms with E-state index in [1.807, 2.05) is 20.8 Å². The molecule has 0 bridgehead atoms. The number of hydrogen-bond acceptors (Lipinski definition) is 6. The summed E-state index contributed by atoms with van der Waals surface area (Å²) in [6.07, 6.45) is 2.08. The Labute approximate surface area is 197 Å². The summed E-state index contributed by atoms with van der Waals surface area (Å²) in [6, 6.07) is 0. The van der Waals surface area contributed by atoms with Crippen LogP contribution in [0.3, 0.4) is 0 Å². The third-order valence-electron chi connectivity index (χ3n) is 10.2. The SMILES string of the molecule is CC(C)CCC(=O)[C@@H](C)[C@H]1CC[C@@]2(O)C3=CC(=O)[C@@H]4C[C@@H](O)[C@@H](O)C[C@]4(C)[C@@H]3[C@H](O)C[C@]12C. The topological polar surface area (TPSA) is 115 Å². The van der Waals surface area contributed by atoms with E-state index in [4.69, 9.17) is 0 Å². The molecule has 6 heteroatoms. The molecule has 4 rings (SSSR count). The molecular weight excluding hydrogens is 420 g/mol. The minimum Gasteiger partial charge on any atom is -0.392 e. The lowest BCUT2D eigenvalue weighted by Crippen LogP contribution is -2.64. The van der Waals surface area contributed by atoms with E-state index < -0.39 is 46.6 Å². The lowest BCUT2D eigenvalue weighted by Gasteiger charge is -2.61. The van der Waals surface area contributed by atoms with Crippen molar-refractivity contribution in [2.75, 3.05) is 0 Å². The van der Waals surface area contributed by atoms with Crippen LogP contribution in [0.1, 0.15) is 79.6 Å². The second-order valence-electron chi connectivity index (χ2n) is 12.5. The van der Waals surface area contributed by atoms with Crippen molar-refractivity contribution in [1.82, 2.24) is 0 Å². The van der Waals surface area contributed by atoms with Crippen molar-refractivity contribution in [2.24, 2.45) is 40.4 Å². The third kappa shape index (κ3) is 3.59. The van der Waals surface area contributed by atoms with Crippen molar-refractivity contribution in [2.45, 2.75) is 103 Å². The van der Waals surface area contributed by atoms with Gasteiger partial charge in [0, 0.05) is 29.6 Å². The van der Waals surface area contributed by atoms with Gasteiger partial charge in [-0.2, -0.15) is 0 Å². The van der Waals surface area contributed by atoms with E-state index in [0.717, 1.165) is 6.42 Å². The Kier molecular flexibility index (Phi) is 6.26. The molecule has 0 heterocycles. The second-order valence-corrected chi connectivity index (χ2v) is 12.5. The number of aliphatic hydroxyl groups is 4. The van der Waals surface area contributed by atoms with Gasteiger partial charge in [-0.05, 0) is 67.4 Å². The smallest absolute Gasteiger partial charge is 0.159 e. The first-order valence-corrected chi connectivity index (χ1v) is 12.8. The van der Waals surface area contributed by atoms with Crippen LogP contribution < -0.4 is 0 Å². The lowest BCUT2D eigenvalue weighted by atomic mass is 9.45. The first-order chi connectivity index (χ1) is 15.3. The summed E-state index contributed by atoms with van der Waals surface area (Å²) in [5, 5.41) is 44.3. The molecule has 6 nitrogen and oxygen atoms in total. The van der Waals surface area contributed by atoms with Crippen molar-refractivity contribution >= 4 is 11.6 Å². The Morgan fingerprint density at radius 1 is 1.09 bits per heavy atom. The monoisotopic (exact) mass is 462 g/mol. The molecule has 4 N–H and O–H groups in total. The maximum atomic E-state index is 13.2. The van der Waals surface area contributed by atoms with Gasteiger partial charge in [-0.25, -0.2) is 0 Å². The zero-order valence-corrected chi connectivity index (χ0v) is 20.8. The van der Waals surface area contributed by atoms with Gasteiger partial charge in [-0.3, -0.25) is 9.59 Å². The molecule has 0 aliphatic heterocycles. The third-order valence-corrected chi connectivity index (χ3v) is 10.2. The van der Waals surface area contributed by atoms with E-state index in [9.17, 15) is 30.0 Å². The number of hydrogen-bond donors (Lipinski definition) is 4. The van der Waals surface area contributed by atoms with E-state index >= 15 is 0 Å². The Hall–Kier alpha value is -1.08. The first-order valence-electron chi connectivity index (χ1n) is 12.8. The fourth-order valence-electron chi connectivity index (χ4n) is 8.21. The second kappa shape index (κ2) is 8.25. The van der Waals surface area contributed by atoms with Crippen LogP contribution in [0.5, 0.6) is 0 Å². The Balaban J connectivity index is 1.70. The highest BCUT2D eigenvalue weighted by atomic mass is 16.3. The van der Waals surface area contributed by atoms with Crippen molar-refractivity contribution in [3.8, 4) is 0 Å². The molecule has 0 amide bonds. The van der Waals surface area contributed by atoms with Crippen LogP contribution in [0.4, 0.5) is 0 Å². The Morgan fingerprint density at radius 2 is 1.76 bits per heavy atom. The summed E-state index contributed by atoms with van der Waals surface area (Å²) < 4.78 is 0. The van der Waals surface area contributed by atoms with Crippen LogP contribution in [0.2, 0.25) is 0 Å². The van der Waals surface area contributed by atoms with Gasteiger partial charge in [0.15, 0.2) is 5.78 Å². The standard InChI is InChI=1S/C27H42O6/c1-14(2)6-7-19(28)15(3)16-8-9-27(33)18-11-20(29)17-10-21(30)22(31)12-25(17,4)24(18)23(32)13-26(16,27)5/h11,14-17,21-24,30-33H,6-10,12-13H2,1-5H3/t15-,16+,17-,21+,22-,23+,24-,25-,26+,27+/m0/s1. The summed E-state index contributed by atoms with van der Waals surface area (Å²) in [5.41, 5.74) is -2.12. The maximum Gasteiger partial charge on any atom is 0.159 e. The molecule has 4 aliphatic carbocycles. The number of carbonyl (C=O) groups is 2. The van der Waals surface area contributed by atoms with Gasteiger partial charge < -0.3 is 20.4 Å². The van der Waals surface area contributed by atoms with Gasteiger partial charge in [-0.15, -0.1) is 0 Å². The molecule has 0 aromatic rings. The average Bonchev–Trinajstić information content (AvgIpc) is 2.98. The lowest BCUT2D eigenvalue weighted by molar-refractivity contribution is -0.175. The molecule has 186 valence electrons. The van der Waals surface area contributed by atoms with E-state index in [1.54, 1.807) is 0 Å². The molecular formula is C27H42O6. The number of carbonyl (C=O) groups excluding carboxylic acids is 2. The van der Waals surface area contributed by atoms with Crippen molar-refractivity contribution in [3.05, 3.63) is 11.6 Å². The molecule has 33 heavy (non-hydrogen) atoms. The predicted octanol–water partition coefficient (Wildman–Crippen LogP) is 2.80. The summed E-state index contributed by atoms with van der Waals surface area (Å²) in [6.45, 7) is 10.1. The van der Waals surface area contributed by atoms with Crippen LogP contribution in [0.25, 0.3) is 0 Å². The zero-order chi connectivity index (χ0) is 24.5. The van der Waals surface area contributed by atoms with Gasteiger partial charge in [0.05, 0.1) is 23.9 Å². The molecule has 3 fully saturated rings. The molecule has 3 saturated carbocycles. The minimum atomic E-state index is -1.27. The summed E-state index contributed by atoms with van der Waals surface area (Å²) in [4.78, 5) is 26.3. The predicted molar refractivity (Wildman–Crippen MR) is 124 cm³/mol. The highest BCUT2D eigenvalue weighted by molar-refractivity contribution is 5.95. The van der Waals surface area contributed by atoms with Gasteiger partial charge in [0.25, 0.3) is 0 Å². The number of rotatable bonds is 5. The number of fused-ring (bicyclic) bond motifs is 5. The molecule has 0 unspecified atom stereocenters. The molecule has 0 aromatic carbocycles. The first kappa shape index (κ1) is 25.0. The molecule has 0 aromatic heterocycles. The number of aliphatic hydroxyl groups excluding tert-OH is 3. The molecule has 0 saturated heterocycles. The normalized spacial score (nSPS) is 48.1. The van der Waals surface area contributed by atoms with E-state index in [0.29, 0.717) is 37.2 Å². The van der Waals surface area contributed by atoms with Crippen molar-refractivity contribution in [3.63, 3.8) is 0 Å². The van der Waals surface area contributed by atoms with Crippen LogP contribution in [-0.2, 0) is 9.59 Å². The highest BCUT2D eigenvalue weighted by Gasteiger charge is 2.69. The summed E-state index contributed by atoms with van der Waals surface area (Å²) in [5.74, 6) is -0.706. The summed E-state index contributed by atoms with van der Waals surface area (Å²) >= 11 is 0. The van der Waals surface area contributed by atoms with Crippen molar-refractivity contribution in [1.29, 1.82) is 0 Å². The highest BCUT2D eigenvalue weighted by Crippen LogP contribution is 2.68. The molecule has 4 aliphatic rings. The van der Waals surface area contributed by atoms with E-state index in [-0.39, 0.29) is 36.2 Å². The zero-order valence-electron chi connectivity index (χ0n) is 20.8. The van der Waals surface area contributed by atoms with Gasteiger partial charge in [-0.1, -0.05) is 34.6 Å². The maximum absolute atomic E-state index is 13.2. The Morgan fingerprint density at radius 3 is 2.39 bits per heavy atom. The van der Waals surface area contributed by atoms with Gasteiger partial charge in [0.2, 0.25) is 0 Å². The average molecular weight is 463 g/mol. The van der Waals surface area contributed by atoms with Gasteiger partial charge >= 0.3 is 0 Å². The summed E-state index contributed by atoms with van der Waals surface area (Å²) in [7, 11) is 0. The Bertz CT molecular complexity index is 850. The fourth-order valence-corrected chi connectivity index (χ4v) is 8.21. The number of Topliss-reactive ketones (excluding diaryl/α,β-unsaturated/α-hetero) is 1. The largest absolute Gasteiger partial charge is 0.392 e. The van der Waals surface area contributed by atoms with Crippen LogP contribution in [0, 0.1) is 40.4 Å². The number of allylic oxidation sites excluding steroid dienone is 1. The molecule has 0 spiro atoms. The van der Waals surface area contributed by atoms with Gasteiger partial charge in [0.1, 0.15) is 5.78 Å². The van der Waals surface area contributed by atoms with Crippen LogP contribution in [-0.4, -0.2) is 55.9 Å². The molecule has 0 radical (unpaired) electrons. The van der Waals surface area contributed by atoms with Crippen molar-refractivity contribution < 1.29 is 30.0 Å². The minimum absolute atomic E-state index is 0.0712. The van der Waals surface area contributed by atoms with Crippen LogP contribution in [0.15, 0.2) is 11.6 Å². The van der Waals surface area contributed by atoms with Crippen LogP contribution >= 0.6 is 0 Å². The number of ketones is 2.